The molecule has 0 aliphatic rings. The van der Waals surface area contributed by atoms with E-state index < -0.39 is 26.4 Å². The first-order chi connectivity index (χ1) is 16.7. The number of hydrogen-bond donors (Lipinski definition) is 1. The number of aromatic nitrogens is 2. The first-order valence-corrected chi connectivity index (χ1v) is 12.5. The topological polar surface area (TPSA) is 124 Å². The summed E-state index contributed by atoms with van der Waals surface area (Å²) < 4.78 is 25.7. The van der Waals surface area contributed by atoms with Crippen LogP contribution in [-0.2, 0) is 22.9 Å². The van der Waals surface area contributed by atoms with E-state index in [4.69, 9.17) is 0 Å². The van der Waals surface area contributed by atoms with Gasteiger partial charge in [-0.25, -0.2) is 8.42 Å². The highest BCUT2D eigenvalue weighted by Gasteiger charge is 2.19. The van der Waals surface area contributed by atoms with Gasteiger partial charge in [-0.05, 0) is 34.4 Å². The van der Waals surface area contributed by atoms with Gasteiger partial charge in [0.15, 0.2) is 9.84 Å². The molecular weight excluding hydrogens is 468 g/mol. The maximum absolute atomic E-state index is 12.8. The van der Waals surface area contributed by atoms with Gasteiger partial charge in [-0.3, -0.25) is 19.6 Å². The van der Waals surface area contributed by atoms with E-state index in [9.17, 15) is 23.3 Å². The van der Waals surface area contributed by atoms with Gasteiger partial charge >= 0.3 is 0 Å². The summed E-state index contributed by atoms with van der Waals surface area (Å²) in [4.78, 5) is 23.0. The van der Waals surface area contributed by atoms with Crippen molar-refractivity contribution in [1.82, 2.24) is 15.1 Å². The lowest BCUT2D eigenvalue weighted by Crippen LogP contribution is -2.23. The van der Waals surface area contributed by atoms with E-state index in [1.165, 1.54) is 0 Å². The average Bonchev–Trinajstić information content (AvgIpc) is 3.35. The van der Waals surface area contributed by atoms with Crippen LogP contribution in [0.1, 0.15) is 21.5 Å². The summed E-state index contributed by atoms with van der Waals surface area (Å²) >= 11 is 0. The Kier molecular flexibility index (Phi) is 6.74. The molecule has 0 aliphatic heterocycles. The van der Waals surface area contributed by atoms with Crippen LogP contribution >= 0.6 is 0 Å². The second kappa shape index (κ2) is 9.90. The summed E-state index contributed by atoms with van der Waals surface area (Å²) in [6, 6.07) is 20.6. The molecule has 0 bridgehead atoms. The summed E-state index contributed by atoms with van der Waals surface area (Å²) in [5, 5.41) is 18.2. The second-order valence-electron chi connectivity index (χ2n) is 7.99. The largest absolute Gasteiger partial charge is 0.348 e. The number of non-ortho nitro benzene ring substituents is 1. The smallest absolute Gasteiger partial charge is 0.271 e. The number of nitrogens with zero attached hydrogens (tertiary/aromatic N) is 3. The molecule has 4 aromatic rings. The van der Waals surface area contributed by atoms with Gasteiger partial charge in [-0.15, -0.1) is 0 Å². The Labute approximate surface area is 202 Å². The second-order valence-corrected chi connectivity index (χ2v) is 10.0. The Morgan fingerprint density at radius 3 is 2.46 bits per heavy atom. The molecule has 9 nitrogen and oxygen atoms in total. The van der Waals surface area contributed by atoms with Crippen molar-refractivity contribution < 1.29 is 18.1 Å². The van der Waals surface area contributed by atoms with Crippen LogP contribution in [-0.4, -0.2) is 35.3 Å². The molecular formula is C25H22N4O5S. The Bertz CT molecular complexity index is 1480. The molecule has 0 saturated heterocycles. The van der Waals surface area contributed by atoms with E-state index in [0.29, 0.717) is 6.54 Å². The quantitative estimate of drug-likeness (QED) is 0.296. The van der Waals surface area contributed by atoms with E-state index in [1.807, 2.05) is 65.5 Å². The lowest BCUT2D eigenvalue weighted by atomic mass is 9.98. The van der Waals surface area contributed by atoms with Crippen LogP contribution in [0.25, 0.3) is 11.1 Å². The molecule has 35 heavy (non-hydrogen) atoms. The highest BCUT2D eigenvalue weighted by atomic mass is 32.2. The van der Waals surface area contributed by atoms with Gasteiger partial charge in [-0.2, -0.15) is 5.10 Å². The van der Waals surface area contributed by atoms with Crippen LogP contribution in [0, 0.1) is 10.1 Å². The van der Waals surface area contributed by atoms with Gasteiger partial charge in [0.25, 0.3) is 11.6 Å². The number of carbonyl (C=O) groups excluding carboxylic acids is 1. The Morgan fingerprint density at radius 2 is 1.80 bits per heavy atom. The molecule has 1 heterocycles. The zero-order valence-corrected chi connectivity index (χ0v) is 19.6. The van der Waals surface area contributed by atoms with E-state index >= 15 is 0 Å². The minimum absolute atomic E-state index is 0.0971. The van der Waals surface area contributed by atoms with E-state index in [0.717, 1.165) is 46.7 Å². The normalized spacial score (nSPS) is 11.2. The van der Waals surface area contributed by atoms with Crippen molar-refractivity contribution in [2.45, 2.75) is 18.0 Å². The van der Waals surface area contributed by atoms with Gasteiger partial charge in [0.05, 0.1) is 16.4 Å². The van der Waals surface area contributed by atoms with Crippen LogP contribution in [0.15, 0.2) is 90.1 Å². The summed E-state index contributed by atoms with van der Waals surface area (Å²) in [6.07, 6.45) is 4.56. The first-order valence-electron chi connectivity index (χ1n) is 10.6. The minimum Gasteiger partial charge on any atom is -0.348 e. The van der Waals surface area contributed by atoms with Crippen LogP contribution in [0.3, 0.4) is 0 Å². The summed E-state index contributed by atoms with van der Waals surface area (Å²) in [5.74, 6) is -0.608. The van der Waals surface area contributed by atoms with Crippen molar-refractivity contribution >= 4 is 21.4 Å². The number of benzene rings is 3. The molecule has 4 rings (SSSR count). The zero-order chi connectivity index (χ0) is 25.0. The molecule has 0 atom stereocenters. The van der Waals surface area contributed by atoms with E-state index in [2.05, 4.69) is 10.4 Å². The fraction of sp³-hybridized carbons (Fsp3) is 0.120. The molecule has 178 valence electrons. The summed E-state index contributed by atoms with van der Waals surface area (Å²) in [6.45, 7) is 0.810. The molecule has 1 amide bonds. The molecule has 10 heteroatoms. The van der Waals surface area contributed by atoms with Gasteiger partial charge in [0, 0.05) is 42.9 Å². The third kappa shape index (κ3) is 5.79. The third-order valence-electron chi connectivity index (χ3n) is 5.42. The zero-order valence-electron chi connectivity index (χ0n) is 18.8. The number of rotatable bonds is 8. The number of nitro benzene ring substituents is 1. The van der Waals surface area contributed by atoms with Crippen LogP contribution in [0.5, 0.6) is 0 Å². The SMILES string of the molecule is CS(=O)(=O)c1cc(C(=O)NCc2ccccc2-c2ccc(Cn3cccn3)cc2)cc([N+](=O)[O-])c1. The van der Waals surface area contributed by atoms with Crippen molar-refractivity contribution in [2.24, 2.45) is 0 Å². The molecule has 0 radical (unpaired) electrons. The van der Waals surface area contributed by atoms with Crippen molar-refractivity contribution in [3.63, 3.8) is 0 Å². The molecule has 0 saturated carbocycles. The number of nitro groups is 1. The summed E-state index contributed by atoms with van der Waals surface area (Å²) in [5.41, 5.74) is 3.27. The van der Waals surface area contributed by atoms with Crippen molar-refractivity contribution in [2.75, 3.05) is 6.26 Å². The number of nitrogens with one attached hydrogen (secondary N) is 1. The summed E-state index contributed by atoms with van der Waals surface area (Å²) in [7, 11) is -3.73. The predicted octanol–water partition coefficient (Wildman–Crippen LogP) is 3.84. The van der Waals surface area contributed by atoms with E-state index in [-0.39, 0.29) is 17.0 Å². The Morgan fingerprint density at radius 1 is 1.06 bits per heavy atom. The van der Waals surface area contributed by atoms with Gasteiger partial charge in [-0.1, -0.05) is 48.5 Å². The standard InChI is InChI=1S/C25H22N4O5S/c1-35(33,34)23-14-21(13-22(15-23)29(31)32)25(30)26-16-20-5-2-3-6-24(20)19-9-7-18(8-10-19)17-28-12-4-11-27-28/h2-15H,16-17H2,1H3,(H,26,30). The van der Waals surface area contributed by atoms with E-state index in [1.54, 1.807) is 6.20 Å². The van der Waals surface area contributed by atoms with Crippen LogP contribution < -0.4 is 5.32 Å². The molecule has 0 spiro atoms. The molecule has 0 unspecified atom stereocenters. The molecule has 1 N–H and O–H groups in total. The van der Waals surface area contributed by atoms with Crippen molar-refractivity contribution in [3.8, 4) is 11.1 Å². The Balaban J connectivity index is 1.53. The highest BCUT2D eigenvalue weighted by molar-refractivity contribution is 7.90. The molecule has 0 fully saturated rings. The third-order valence-corrected chi connectivity index (χ3v) is 6.51. The fourth-order valence-corrected chi connectivity index (χ4v) is 4.31. The van der Waals surface area contributed by atoms with Gasteiger partial charge in [0.1, 0.15) is 0 Å². The maximum Gasteiger partial charge on any atom is 0.271 e. The van der Waals surface area contributed by atoms with Crippen LogP contribution in [0.2, 0.25) is 0 Å². The number of hydrogen-bond acceptors (Lipinski definition) is 6. The maximum atomic E-state index is 12.8. The molecule has 3 aromatic carbocycles. The lowest BCUT2D eigenvalue weighted by Gasteiger charge is -2.12. The Hall–Kier alpha value is -4.31. The molecule has 0 aliphatic carbocycles. The van der Waals surface area contributed by atoms with Crippen molar-refractivity contribution in [3.05, 3.63) is 112 Å². The lowest BCUT2D eigenvalue weighted by molar-refractivity contribution is -0.385. The fourth-order valence-electron chi connectivity index (χ4n) is 3.64. The number of sulfone groups is 1. The first kappa shape index (κ1) is 23.8. The van der Waals surface area contributed by atoms with Crippen LogP contribution in [0.4, 0.5) is 5.69 Å². The highest BCUT2D eigenvalue weighted by Crippen LogP contribution is 2.25. The minimum atomic E-state index is -3.73. The van der Waals surface area contributed by atoms with Crippen molar-refractivity contribution in [1.29, 1.82) is 0 Å². The number of carbonyl (C=O) groups is 1. The number of amides is 1. The monoisotopic (exact) mass is 490 g/mol. The predicted molar refractivity (Wildman–Crippen MR) is 131 cm³/mol. The van der Waals surface area contributed by atoms with Gasteiger partial charge in [0.2, 0.25) is 0 Å². The molecule has 1 aromatic heterocycles. The van der Waals surface area contributed by atoms with Gasteiger partial charge < -0.3 is 5.32 Å². The average molecular weight is 491 g/mol.